The van der Waals surface area contributed by atoms with Gasteiger partial charge in [0, 0.05) is 24.4 Å². The molecular weight excluding hydrogens is 210 g/mol. The van der Waals surface area contributed by atoms with Crippen molar-refractivity contribution in [2.75, 3.05) is 6.54 Å². The Labute approximate surface area is 102 Å². The number of hydrogen-bond donors (Lipinski definition) is 1. The van der Waals surface area contributed by atoms with Gasteiger partial charge in [-0.25, -0.2) is 9.97 Å². The van der Waals surface area contributed by atoms with Crippen LogP contribution in [0.4, 0.5) is 0 Å². The van der Waals surface area contributed by atoms with Crippen molar-refractivity contribution < 1.29 is 0 Å². The van der Waals surface area contributed by atoms with Gasteiger partial charge in [-0.3, -0.25) is 0 Å². The minimum Gasteiger partial charge on any atom is -0.330 e. The first-order valence-corrected chi connectivity index (χ1v) is 5.87. The predicted molar refractivity (Wildman–Crippen MR) is 69.6 cm³/mol. The summed E-state index contributed by atoms with van der Waals surface area (Å²) < 4.78 is 0. The molecule has 2 rings (SSSR count). The normalized spacial score (nSPS) is 10.5. The van der Waals surface area contributed by atoms with E-state index < -0.39 is 0 Å². The van der Waals surface area contributed by atoms with Gasteiger partial charge in [0.05, 0.1) is 0 Å². The molecule has 0 radical (unpaired) electrons. The molecule has 3 nitrogen and oxygen atoms in total. The van der Waals surface area contributed by atoms with Crippen molar-refractivity contribution in [1.82, 2.24) is 9.97 Å². The summed E-state index contributed by atoms with van der Waals surface area (Å²) in [7, 11) is 0. The fourth-order valence-corrected chi connectivity index (χ4v) is 1.72. The van der Waals surface area contributed by atoms with E-state index in [1.807, 2.05) is 18.5 Å². The summed E-state index contributed by atoms with van der Waals surface area (Å²) in [6, 6.07) is 8.34. The number of benzene rings is 1. The van der Waals surface area contributed by atoms with Crippen LogP contribution < -0.4 is 5.73 Å². The van der Waals surface area contributed by atoms with Gasteiger partial charge in [-0.15, -0.1) is 0 Å². The van der Waals surface area contributed by atoms with Crippen molar-refractivity contribution >= 4 is 0 Å². The third kappa shape index (κ3) is 3.11. The van der Waals surface area contributed by atoms with Gasteiger partial charge in [0.25, 0.3) is 0 Å². The van der Waals surface area contributed by atoms with E-state index in [2.05, 4.69) is 35.1 Å². The quantitative estimate of drug-likeness (QED) is 0.872. The lowest BCUT2D eigenvalue weighted by Gasteiger charge is -2.03. The summed E-state index contributed by atoms with van der Waals surface area (Å²) in [6.07, 6.45) is 5.55. The maximum absolute atomic E-state index is 5.46. The predicted octanol–water partition coefficient (Wildman–Crippen LogP) is 2.34. The number of hydrogen-bond acceptors (Lipinski definition) is 3. The van der Waals surface area contributed by atoms with Crippen molar-refractivity contribution in [3.8, 4) is 11.1 Å². The molecule has 0 unspecified atom stereocenters. The van der Waals surface area contributed by atoms with Crippen LogP contribution in [0, 0.1) is 6.92 Å². The molecule has 3 heteroatoms. The molecule has 1 heterocycles. The van der Waals surface area contributed by atoms with E-state index in [9.17, 15) is 0 Å². The molecule has 0 atom stereocenters. The number of aryl methyl sites for hydroxylation is 2. The molecular formula is C14H17N3. The lowest BCUT2D eigenvalue weighted by atomic mass is 10.1. The van der Waals surface area contributed by atoms with Gasteiger partial charge in [0.15, 0.2) is 0 Å². The lowest BCUT2D eigenvalue weighted by molar-refractivity contribution is 0.781. The van der Waals surface area contributed by atoms with Gasteiger partial charge in [0.1, 0.15) is 5.82 Å². The van der Waals surface area contributed by atoms with Crippen LogP contribution in [-0.2, 0) is 6.42 Å². The summed E-state index contributed by atoms with van der Waals surface area (Å²) in [5.74, 6) is 0.867. The zero-order chi connectivity index (χ0) is 12.1. The minimum atomic E-state index is 0.684. The maximum atomic E-state index is 5.46. The standard InChI is InChI=1S/C14H17N3/c1-11-4-2-5-12(8-11)13-9-16-14(17-10-13)6-3-7-15/h2,4-5,8-10H,3,6-7,15H2,1H3. The largest absolute Gasteiger partial charge is 0.330 e. The second-order valence-corrected chi connectivity index (χ2v) is 4.15. The summed E-state index contributed by atoms with van der Waals surface area (Å²) in [4.78, 5) is 8.71. The summed E-state index contributed by atoms with van der Waals surface area (Å²) >= 11 is 0. The smallest absolute Gasteiger partial charge is 0.128 e. The second-order valence-electron chi connectivity index (χ2n) is 4.15. The van der Waals surface area contributed by atoms with Crippen LogP contribution in [0.1, 0.15) is 17.8 Å². The summed E-state index contributed by atoms with van der Waals surface area (Å²) in [6.45, 7) is 2.77. The molecule has 0 bridgehead atoms. The Hall–Kier alpha value is -1.74. The highest BCUT2D eigenvalue weighted by Crippen LogP contribution is 2.18. The zero-order valence-electron chi connectivity index (χ0n) is 10.1. The highest BCUT2D eigenvalue weighted by atomic mass is 14.9. The van der Waals surface area contributed by atoms with Gasteiger partial charge < -0.3 is 5.73 Å². The van der Waals surface area contributed by atoms with Gasteiger partial charge in [-0.2, -0.15) is 0 Å². The average Bonchev–Trinajstić information content (AvgIpc) is 2.37. The van der Waals surface area contributed by atoms with Crippen molar-refractivity contribution in [1.29, 1.82) is 0 Å². The molecule has 0 aliphatic carbocycles. The maximum Gasteiger partial charge on any atom is 0.128 e. The molecule has 1 aromatic carbocycles. The zero-order valence-corrected chi connectivity index (χ0v) is 10.1. The van der Waals surface area contributed by atoms with Crippen LogP contribution in [0.2, 0.25) is 0 Å². The topological polar surface area (TPSA) is 51.8 Å². The van der Waals surface area contributed by atoms with Crippen molar-refractivity contribution in [2.24, 2.45) is 5.73 Å². The Morgan fingerprint density at radius 2 is 1.88 bits per heavy atom. The Morgan fingerprint density at radius 3 is 2.53 bits per heavy atom. The molecule has 0 saturated carbocycles. The monoisotopic (exact) mass is 227 g/mol. The van der Waals surface area contributed by atoms with Crippen LogP contribution >= 0.6 is 0 Å². The number of nitrogens with zero attached hydrogens (tertiary/aromatic N) is 2. The molecule has 0 spiro atoms. The molecule has 2 N–H and O–H groups in total. The number of rotatable bonds is 4. The van der Waals surface area contributed by atoms with E-state index in [0.717, 1.165) is 29.8 Å². The Balaban J connectivity index is 2.17. The van der Waals surface area contributed by atoms with E-state index in [1.54, 1.807) is 0 Å². The van der Waals surface area contributed by atoms with Gasteiger partial charge in [0.2, 0.25) is 0 Å². The first-order chi connectivity index (χ1) is 8.29. The third-order valence-corrected chi connectivity index (χ3v) is 2.66. The lowest BCUT2D eigenvalue weighted by Crippen LogP contribution is -2.03. The van der Waals surface area contributed by atoms with Crippen molar-refractivity contribution in [3.63, 3.8) is 0 Å². The molecule has 88 valence electrons. The second kappa shape index (κ2) is 5.55. The van der Waals surface area contributed by atoms with E-state index >= 15 is 0 Å². The Bertz CT molecular complexity index is 477. The summed E-state index contributed by atoms with van der Waals surface area (Å²) in [5.41, 5.74) is 8.93. The van der Waals surface area contributed by atoms with E-state index in [1.165, 1.54) is 5.56 Å². The Kier molecular flexibility index (Phi) is 3.83. The first-order valence-electron chi connectivity index (χ1n) is 5.87. The van der Waals surface area contributed by atoms with Crippen molar-refractivity contribution in [2.45, 2.75) is 19.8 Å². The van der Waals surface area contributed by atoms with E-state index in [0.29, 0.717) is 6.54 Å². The van der Waals surface area contributed by atoms with Crippen LogP contribution in [0.3, 0.4) is 0 Å². The molecule has 0 fully saturated rings. The van der Waals surface area contributed by atoms with E-state index in [4.69, 9.17) is 5.73 Å². The molecule has 0 aliphatic heterocycles. The van der Waals surface area contributed by atoms with Gasteiger partial charge in [-0.1, -0.05) is 29.8 Å². The first kappa shape index (κ1) is 11.7. The molecule has 0 aliphatic rings. The molecule has 2 aromatic rings. The fourth-order valence-electron chi connectivity index (χ4n) is 1.72. The van der Waals surface area contributed by atoms with Gasteiger partial charge in [-0.05, 0) is 25.5 Å². The van der Waals surface area contributed by atoms with Crippen LogP contribution in [0.25, 0.3) is 11.1 Å². The molecule has 0 amide bonds. The average molecular weight is 227 g/mol. The van der Waals surface area contributed by atoms with Gasteiger partial charge >= 0.3 is 0 Å². The highest BCUT2D eigenvalue weighted by molar-refractivity contribution is 5.62. The third-order valence-electron chi connectivity index (χ3n) is 2.66. The SMILES string of the molecule is Cc1cccc(-c2cnc(CCCN)nc2)c1. The van der Waals surface area contributed by atoms with Crippen molar-refractivity contribution in [3.05, 3.63) is 48.0 Å². The molecule has 0 saturated heterocycles. The van der Waals surface area contributed by atoms with Crippen LogP contribution in [0.5, 0.6) is 0 Å². The number of nitrogens with two attached hydrogens (primary N) is 1. The molecule has 1 aromatic heterocycles. The Morgan fingerprint density at radius 1 is 1.12 bits per heavy atom. The number of aromatic nitrogens is 2. The van der Waals surface area contributed by atoms with Crippen LogP contribution in [0.15, 0.2) is 36.7 Å². The fraction of sp³-hybridized carbons (Fsp3) is 0.286. The van der Waals surface area contributed by atoms with E-state index in [-0.39, 0.29) is 0 Å². The van der Waals surface area contributed by atoms with Crippen LogP contribution in [-0.4, -0.2) is 16.5 Å². The summed E-state index contributed by atoms with van der Waals surface area (Å²) in [5, 5.41) is 0. The highest BCUT2D eigenvalue weighted by Gasteiger charge is 2.00. The minimum absolute atomic E-state index is 0.684. The molecule has 17 heavy (non-hydrogen) atoms.